The molecule has 21 heavy (non-hydrogen) atoms. The van der Waals surface area contributed by atoms with Crippen molar-refractivity contribution in [3.8, 4) is 11.8 Å². The number of rotatable bonds is 7. The van der Waals surface area contributed by atoms with Gasteiger partial charge in [0, 0.05) is 11.8 Å². The summed E-state index contributed by atoms with van der Waals surface area (Å²) in [5.74, 6) is 1.22. The van der Waals surface area contributed by atoms with E-state index < -0.39 is 0 Å². The molecule has 0 bridgehead atoms. The number of nitrogens with one attached hydrogen (secondary N) is 1. The quantitative estimate of drug-likeness (QED) is 0.807. The third-order valence-electron chi connectivity index (χ3n) is 2.47. The molecule has 7 nitrogen and oxygen atoms in total. The first-order chi connectivity index (χ1) is 10.2. The van der Waals surface area contributed by atoms with Gasteiger partial charge in [0.15, 0.2) is 0 Å². The Bertz CT molecular complexity index is 591. The van der Waals surface area contributed by atoms with Crippen molar-refractivity contribution in [2.45, 2.75) is 20.3 Å². The normalized spacial score (nSPS) is 10.2. The molecule has 0 aliphatic carbocycles. The van der Waals surface area contributed by atoms with Crippen molar-refractivity contribution in [3.63, 3.8) is 0 Å². The highest BCUT2D eigenvalue weighted by molar-refractivity contribution is 5.56. The van der Waals surface area contributed by atoms with Crippen LogP contribution in [-0.4, -0.2) is 28.2 Å². The van der Waals surface area contributed by atoms with Crippen LogP contribution in [0.1, 0.15) is 20.3 Å². The summed E-state index contributed by atoms with van der Waals surface area (Å²) in [7, 11) is 0. The summed E-state index contributed by atoms with van der Waals surface area (Å²) in [6.07, 6.45) is 0.866. The number of nitrogen functional groups attached to an aromatic ring is 1. The number of anilines is 3. The number of aromatic nitrogens is 3. The Balaban J connectivity index is 2.14. The molecule has 1 aromatic carbocycles. The van der Waals surface area contributed by atoms with E-state index in [-0.39, 0.29) is 12.0 Å². The van der Waals surface area contributed by atoms with Crippen LogP contribution in [0.15, 0.2) is 24.3 Å². The molecule has 0 aliphatic heterocycles. The van der Waals surface area contributed by atoms with Gasteiger partial charge in [-0.1, -0.05) is 13.0 Å². The fourth-order valence-electron chi connectivity index (χ4n) is 1.65. The molecule has 112 valence electrons. The van der Waals surface area contributed by atoms with Crippen LogP contribution >= 0.6 is 0 Å². The minimum atomic E-state index is 0.111. The first kappa shape index (κ1) is 14.8. The van der Waals surface area contributed by atoms with Gasteiger partial charge in [-0.3, -0.25) is 0 Å². The van der Waals surface area contributed by atoms with Crippen molar-refractivity contribution in [1.82, 2.24) is 15.0 Å². The zero-order valence-electron chi connectivity index (χ0n) is 12.2. The van der Waals surface area contributed by atoms with Crippen LogP contribution in [0, 0.1) is 0 Å². The Morgan fingerprint density at radius 3 is 2.76 bits per heavy atom. The Morgan fingerprint density at radius 1 is 1.14 bits per heavy atom. The summed E-state index contributed by atoms with van der Waals surface area (Å²) >= 11 is 0. The number of nitrogens with zero attached hydrogens (tertiary/aromatic N) is 3. The zero-order valence-corrected chi connectivity index (χ0v) is 12.2. The molecule has 0 aliphatic rings. The highest BCUT2D eigenvalue weighted by Crippen LogP contribution is 2.20. The van der Waals surface area contributed by atoms with Gasteiger partial charge in [-0.15, -0.1) is 0 Å². The molecule has 1 aromatic heterocycles. The molecule has 0 fully saturated rings. The Hall–Kier alpha value is -2.57. The van der Waals surface area contributed by atoms with Crippen molar-refractivity contribution >= 4 is 17.6 Å². The summed E-state index contributed by atoms with van der Waals surface area (Å²) in [6, 6.07) is 7.72. The summed E-state index contributed by atoms with van der Waals surface area (Å²) in [5, 5.41) is 3.06. The van der Waals surface area contributed by atoms with Gasteiger partial charge in [0.1, 0.15) is 5.75 Å². The fourth-order valence-corrected chi connectivity index (χ4v) is 1.65. The number of hydrogen-bond donors (Lipinski definition) is 2. The monoisotopic (exact) mass is 289 g/mol. The predicted octanol–water partition coefficient (Wildman–Crippen LogP) is 2.38. The largest absolute Gasteiger partial charge is 0.494 e. The van der Waals surface area contributed by atoms with E-state index in [1.54, 1.807) is 0 Å². The lowest BCUT2D eigenvalue weighted by Gasteiger charge is -2.09. The van der Waals surface area contributed by atoms with E-state index in [0.717, 1.165) is 17.9 Å². The topological polar surface area (TPSA) is 95.2 Å². The van der Waals surface area contributed by atoms with Crippen LogP contribution in [0.25, 0.3) is 0 Å². The molecule has 0 amide bonds. The van der Waals surface area contributed by atoms with E-state index in [4.69, 9.17) is 15.2 Å². The molecule has 0 spiro atoms. The average molecular weight is 289 g/mol. The van der Waals surface area contributed by atoms with E-state index in [9.17, 15) is 0 Å². The van der Waals surface area contributed by atoms with E-state index in [2.05, 4.69) is 20.3 Å². The molecular formula is C14H19N5O2. The van der Waals surface area contributed by atoms with Crippen molar-refractivity contribution < 1.29 is 9.47 Å². The maximum absolute atomic E-state index is 5.66. The molecule has 1 heterocycles. The molecular weight excluding hydrogens is 270 g/mol. The SMILES string of the molecule is CCCOc1nc(N)nc(Nc2cccc(OCC)c2)n1. The lowest BCUT2D eigenvalue weighted by atomic mass is 10.3. The third-order valence-corrected chi connectivity index (χ3v) is 2.47. The summed E-state index contributed by atoms with van der Waals surface area (Å²) in [4.78, 5) is 12.1. The van der Waals surface area contributed by atoms with Crippen molar-refractivity contribution in [2.24, 2.45) is 0 Å². The van der Waals surface area contributed by atoms with E-state index >= 15 is 0 Å². The standard InChI is InChI=1S/C14H19N5O2/c1-3-8-21-14-18-12(15)17-13(19-14)16-10-6-5-7-11(9-10)20-4-2/h5-7,9H,3-4,8H2,1-2H3,(H3,15,16,17,18,19). The number of benzene rings is 1. The molecule has 2 aromatic rings. The molecule has 7 heteroatoms. The first-order valence-corrected chi connectivity index (χ1v) is 6.85. The van der Waals surface area contributed by atoms with Crippen molar-refractivity contribution in [2.75, 3.05) is 24.3 Å². The van der Waals surface area contributed by atoms with Gasteiger partial charge < -0.3 is 20.5 Å². The average Bonchev–Trinajstić information content (AvgIpc) is 2.45. The molecule has 2 rings (SSSR count). The van der Waals surface area contributed by atoms with Gasteiger partial charge in [-0.05, 0) is 25.5 Å². The molecule has 0 atom stereocenters. The minimum absolute atomic E-state index is 0.111. The van der Waals surface area contributed by atoms with Gasteiger partial charge in [0.2, 0.25) is 11.9 Å². The highest BCUT2D eigenvalue weighted by Gasteiger charge is 2.06. The van der Waals surface area contributed by atoms with Crippen molar-refractivity contribution in [1.29, 1.82) is 0 Å². The van der Waals surface area contributed by atoms with E-state index in [1.165, 1.54) is 0 Å². The molecule has 0 unspecified atom stereocenters. The van der Waals surface area contributed by atoms with E-state index in [0.29, 0.717) is 19.2 Å². The highest BCUT2D eigenvalue weighted by atomic mass is 16.5. The number of hydrogen-bond acceptors (Lipinski definition) is 7. The van der Waals surface area contributed by atoms with Crippen LogP contribution in [0.3, 0.4) is 0 Å². The molecule has 0 saturated heterocycles. The summed E-state index contributed by atoms with van der Waals surface area (Å²) in [6.45, 7) is 5.08. The zero-order chi connectivity index (χ0) is 15.1. The first-order valence-electron chi connectivity index (χ1n) is 6.85. The molecule has 0 saturated carbocycles. The van der Waals surface area contributed by atoms with Crippen LogP contribution in [0.2, 0.25) is 0 Å². The smallest absolute Gasteiger partial charge is 0.323 e. The molecule has 0 radical (unpaired) electrons. The number of nitrogens with two attached hydrogens (primary N) is 1. The Kier molecular flexibility index (Phi) is 5.14. The second-order valence-corrected chi connectivity index (χ2v) is 4.23. The second-order valence-electron chi connectivity index (χ2n) is 4.23. The lowest BCUT2D eigenvalue weighted by Crippen LogP contribution is -2.07. The van der Waals surface area contributed by atoms with Gasteiger partial charge >= 0.3 is 6.01 Å². The lowest BCUT2D eigenvalue weighted by molar-refractivity contribution is 0.292. The van der Waals surface area contributed by atoms with Gasteiger partial charge in [-0.25, -0.2) is 0 Å². The summed E-state index contributed by atoms with van der Waals surface area (Å²) < 4.78 is 10.8. The minimum Gasteiger partial charge on any atom is -0.494 e. The summed E-state index contributed by atoms with van der Waals surface area (Å²) in [5.41, 5.74) is 6.45. The van der Waals surface area contributed by atoms with Gasteiger partial charge in [-0.2, -0.15) is 15.0 Å². The third kappa shape index (κ3) is 4.48. The van der Waals surface area contributed by atoms with E-state index in [1.807, 2.05) is 38.1 Å². The van der Waals surface area contributed by atoms with Crippen LogP contribution in [0.4, 0.5) is 17.6 Å². The van der Waals surface area contributed by atoms with Crippen LogP contribution in [-0.2, 0) is 0 Å². The predicted molar refractivity (Wildman–Crippen MR) is 80.9 cm³/mol. The maximum atomic E-state index is 5.66. The fraction of sp³-hybridized carbons (Fsp3) is 0.357. The molecule has 3 N–H and O–H groups in total. The van der Waals surface area contributed by atoms with Crippen molar-refractivity contribution in [3.05, 3.63) is 24.3 Å². The Labute approximate surface area is 123 Å². The van der Waals surface area contributed by atoms with Crippen LogP contribution in [0.5, 0.6) is 11.8 Å². The van der Waals surface area contributed by atoms with Gasteiger partial charge in [0.05, 0.1) is 13.2 Å². The van der Waals surface area contributed by atoms with Crippen LogP contribution < -0.4 is 20.5 Å². The Morgan fingerprint density at radius 2 is 2.00 bits per heavy atom. The number of ether oxygens (including phenoxy) is 2. The van der Waals surface area contributed by atoms with Gasteiger partial charge in [0.25, 0.3) is 0 Å². The second kappa shape index (κ2) is 7.28. The maximum Gasteiger partial charge on any atom is 0.323 e.